The van der Waals surface area contributed by atoms with Crippen molar-refractivity contribution in [1.29, 1.82) is 0 Å². The van der Waals surface area contributed by atoms with Gasteiger partial charge in [0.1, 0.15) is 6.42 Å². The summed E-state index contributed by atoms with van der Waals surface area (Å²) in [5.41, 5.74) is 3.64. The normalized spacial score (nSPS) is 15.3. The molecule has 0 bridgehead atoms. The Labute approximate surface area is 118 Å². The molecule has 1 aromatic rings. The summed E-state index contributed by atoms with van der Waals surface area (Å²) in [6.45, 7) is 6.80. The zero-order valence-corrected chi connectivity index (χ0v) is 11.9. The van der Waals surface area contributed by atoms with Crippen molar-refractivity contribution in [3.63, 3.8) is 0 Å². The van der Waals surface area contributed by atoms with Crippen molar-refractivity contribution in [2.75, 3.05) is 31.1 Å². The number of carboxylic acids is 1. The summed E-state index contributed by atoms with van der Waals surface area (Å²) in [7, 11) is 0. The van der Waals surface area contributed by atoms with Crippen LogP contribution in [0.2, 0.25) is 0 Å². The molecule has 20 heavy (non-hydrogen) atoms. The molecule has 2 rings (SSSR count). The van der Waals surface area contributed by atoms with Crippen LogP contribution in [0.1, 0.15) is 17.5 Å². The predicted octanol–water partition coefficient (Wildman–Crippen LogP) is 1.43. The molecule has 1 fully saturated rings. The molecule has 1 aliphatic heterocycles. The fourth-order valence-corrected chi connectivity index (χ4v) is 2.50. The monoisotopic (exact) mass is 276 g/mol. The second kappa shape index (κ2) is 5.94. The second-order valence-electron chi connectivity index (χ2n) is 5.23. The molecule has 1 saturated heterocycles. The summed E-state index contributed by atoms with van der Waals surface area (Å²) in [6, 6.07) is 6.35. The van der Waals surface area contributed by atoms with Gasteiger partial charge in [-0.15, -0.1) is 0 Å². The number of carbonyl (C=O) groups is 2. The summed E-state index contributed by atoms with van der Waals surface area (Å²) < 4.78 is 0. The Balaban J connectivity index is 1.99. The molecule has 0 radical (unpaired) electrons. The van der Waals surface area contributed by atoms with Gasteiger partial charge in [0.25, 0.3) is 0 Å². The van der Waals surface area contributed by atoms with E-state index in [0.717, 1.165) is 13.1 Å². The fraction of sp³-hybridized carbons (Fsp3) is 0.467. The molecule has 0 aliphatic carbocycles. The van der Waals surface area contributed by atoms with Crippen molar-refractivity contribution in [1.82, 2.24) is 4.90 Å². The van der Waals surface area contributed by atoms with Crippen molar-refractivity contribution >= 4 is 17.6 Å². The highest BCUT2D eigenvalue weighted by Gasteiger charge is 2.23. The van der Waals surface area contributed by atoms with E-state index < -0.39 is 12.4 Å². The van der Waals surface area contributed by atoms with Gasteiger partial charge in [0.05, 0.1) is 0 Å². The van der Waals surface area contributed by atoms with Gasteiger partial charge in [-0.05, 0) is 31.0 Å². The van der Waals surface area contributed by atoms with Crippen LogP contribution in [-0.2, 0) is 9.59 Å². The number of anilines is 1. The number of hydrogen-bond donors (Lipinski definition) is 1. The van der Waals surface area contributed by atoms with Gasteiger partial charge in [-0.2, -0.15) is 0 Å². The van der Waals surface area contributed by atoms with Crippen molar-refractivity contribution < 1.29 is 14.7 Å². The predicted molar refractivity (Wildman–Crippen MR) is 77.0 cm³/mol. The summed E-state index contributed by atoms with van der Waals surface area (Å²) >= 11 is 0. The number of aliphatic carboxylic acids is 1. The Hall–Kier alpha value is -2.04. The van der Waals surface area contributed by atoms with Gasteiger partial charge in [-0.1, -0.05) is 12.1 Å². The third kappa shape index (κ3) is 3.29. The smallest absolute Gasteiger partial charge is 0.312 e. The second-order valence-corrected chi connectivity index (χ2v) is 5.23. The number of amides is 1. The van der Waals surface area contributed by atoms with Crippen LogP contribution in [0.25, 0.3) is 0 Å². The third-order valence-electron chi connectivity index (χ3n) is 3.64. The van der Waals surface area contributed by atoms with Crippen LogP contribution in [0.4, 0.5) is 5.69 Å². The van der Waals surface area contributed by atoms with E-state index in [-0.39, 0.29) is 5.91 Å². The Bertz CT molecular complexity index is 520. The maximum Gasteiger partial charge on any atom is 0.312 e. The van der Waals surface area contributed by atoms with Crippen LogP contribution < -0.4 is 4.90 Å². The molecule has 1 aromatic carbocycles. The Morgan fingerprint density at radius 3 is 2.40 bits per heavy atom. The molecule has 1 N–H and O–H groups in total. The van der Waals surface area contributed by atoms with Crippen LogP contribution in [0.15, 0.2) is 18.2 Å². The molecule has 5 nitrogen and oxygen atoms in total. The van der Waals surface area contributed by atoms with Crippen LogP contribution in [0, 0.1) is 13.8 Å². The van der Waals surface area contributed by atoms with E-state index >= 15 is 0 Å². The lowest BCUT2D eigenvalue weighted by atomic mass is 10.1. The molecule has 1 aliphatic rings. The number of hydrogen-bond acceptors (Lipinski definition) is 3. The number of aryl methyl sites for hydroxylation is 2. The van der Waals surface area contributed by atoms with E-state index in [4.69, 9.17) is 5.11 Å². The SMILES string of the molecule is Cc1ccc(C)c(N2CCN(C(=O)CC(=O)O)CC2)c1. The molecule has 5 heteroatoms. The summed E-state index contributed by atoms with van der Waals surface area (Å²) in [5.74, 6) is -1.36. The first-order valence-corrected chi connectivity index (χ1v) is 6.79. The zero-order valence-electron chi connectivity index (χ0n) is 11.9. The molecule has 1 amide bonds. The quantitative estimate of drug-likeness (QED) is 0.848. The highest BCUT2D eigenvalue weighted by molar-refractivity contribution is 5.93. The summed E-state index contributed by atoms with van der Waals surface area (Å²) in [5, 5.41) is 8.65. The minimum absolute atomic E-state index is 0.293. The molecular formula is C15H20N2O3. The first-order chi connectivity index (χ1) is 9.47. The van der Waals surface area contributed by atoms with Crippen molar-refractivity contribution in [2.24, 2.45) is 0 Å². The Morgan fingerprint density at radius 2 is 1.80 bits per heavy atom. The molecule has 0 unspecified atom stereocenters. The van der Waals surface area contributed by atoms with Gasteiger partial charge in [0, 0.05) is 31.9 Å². The largest absolute Gasteiger partial charge is 0.481 e. The van der Waals surface area contributed by atoms with Gasteiger partial charge in [0.15, 0.2) is 0 Å². The lowest BCUT2D eigenvalue weighted by molar-refractivity contribution is -0.144. The van der Waals surface area contributed by atoms with E-state index in [1.807, 2.05) is 0 Å². The van der Waals surface area contributed by atoms with E-state index in [9.17, 15) is 9.59 Å². The van der Waals surface area contributed by atoms with E-state index in [2.05, 4.69) is 36.9 Å². The van der Waals surface area contributed by atoms with Crippen molar-refractivity contribution in [2.45, 2.75) is 20.3 Å². The van der Waals surface area contributed by atoms with E-state index in [1.54, 1.807) is 4.90 Å². The number of rotatable bonds is 3. The minimum atomic E-state index is -1.06. The maximum atomic E-state index is 11.7. The molecule has 0 aromatic heterocycles. The van der Waals surface area contributed by atoms with E-state index in [1.165, 1.54) is 16.8 Å². The lowest BCUT2D eigenvalue weighted by Gasteiger charge is -2.36. The number of carboxylic acid groups (broad SMARTS) is 1. The van der Waals surface area contributed by atoms with Crippen LogP contribution in [0.5, 0.6) is 0 Å². The first kappa shape index (κ1) is 14.4. The number of benzene rings is 1. The average molecular weight is 276 g/mol. The average Bonchev–Trinajstić information content (AvgIpc) is 2.41. The van der Waals surface area contributed by atoms with Gasteiger partial charge < -0.3 is 14.9 Å². The highest BCUT2D eigenvalue weighted by atomic mass is 16.4. The molecule has 0 saturated carbocycles. The van der Waals surface area contributed by atoms with Gasteiger partial charge >= 0.3 is 5.97 Å². The Kier molecular flexibility index (Phi) is 4.27. The molecule has 0 atom stereocenters. The van der Waals surface area contributed by atoms with Gasteiger partial charge in [0.2, 0.25) is 5.91 Å². The van der Waals surface area contributed by atoms with Crippen LogP contribution >= 0.6 is 0 Å². The first-order valence-electron chi connectivity index (χ1n) is 6.79. The maximum absolute atomic E-state index is 11.7. The van der Waals surface area contributed by atoms with Crippen LogP contribution in [-0.4, -0.2) is 48.1 Å². The number of piperazine rings is 1. The fourth-order valence-electron chi connectivity index (χ4n) is 2.50. The van der Waals surface area contributed by atoms with Gasteiger partial charge in [-0.3, -0.25) is 9.59 Å². The topological polar surface area (TPSA) is 60.9 Å². The molecule has 0 spiro atoms. The lowest BCUT2D eigenvalue weighted by Crippen LogP contribution is -2.49. The summed E-state index contributed by atoms with van der Waals surface area (Å²) in [4.78, 5) is 26.2. The third-order valence-corrected chi connectivity index (χ3v) is 3.64. The standard InChI is InChI=1S/C15H20N2O3/c1-11-3-4-12(2)13(9-11)16-5-7-17(8-6-16)14(18)10-15(19)20/h3-4,9H,5-8,10H2,1-2H3,(H,19,20). The number of carbonyl (C=O) groups excluding carboxylic acids is 1. The van der Waals surface area contributed by atoms with Crippen molar-refractivity contribution in [3.05, 3.63) is 29.3 Å². The molecule has 108 valence electrons. The molecule has 1 heterocycles. The van der Waals surface area contributed by atoms with Crippen LogP contribution in [0.3, 0.4) is 0 Å². The van der Waals surface area contributed by atoms with Crippen molar-refractivity contribution in [3.8, 4) is 0 Å². The summed E-state index contributed by atoms with van der Waals surface area (Å²) in [6.07, 6.45) is -0.413. The Morgan fingerprint density at radius 1 is 1.15 bits per heavy atom. The molecular weight excluding hydrogens is 256 g/mol. The minimum Gasteiger partial charge on any atom is -0.481 e. The zero-order chi connectivity index (χ0) is 14.7. The highest BCUT2D eigenvalue weighted by Crippen LogP contribution is 2.22. The van der Waals surface area contributed by atoms with Gasteiger partial charge in [-0.25, -0.2) is 0 Å². The van der Waals surface area contributed by atoms with E-state index in [0.29, 0.717) is 13.1 Å². The number of nitrogens with zero attached hydrogens (tertiary/aromatic N) is 2.